The van der Waals surface area contributed by atoms with Crippen LogP contribution in [0.5, 0.6) is 0 Å². The second-order valence-corrected chi connectivity index (χ2v) is 7.46. The predicted octanol–water partition coefficient (Wildman–Crippen LogP) is 2.43. The summed E-state index contributed by atoms with van der Waals surface area (Å²) in [7, 11) is 0. The Balaban J connectivity index is 1.64. The molecule has 1 aliphatic rings. The van der Waals surface area contributed by atoms with Crippen molar-refractivity contribution in [1.29, 1.82) is 0 Å². The van der Waals surface area contributed by atoms with Crippen LogP contribution in [0.15, 0.2) is 41.5 Å². The number of nitrogens with zero attached hydrogens (tertiary/aromatic N) is 4. The molecular weight excluding hydrogens is 350 g/mol. The van der Waals surface area contributed by atoms with Crippen molar-refractivity contribution in [3.05, 3.63) is 57.6 Å². The molecule has 8 heteroatoms. The molecule has 0 amide bonds. The van der Waals surface area contributed by atoms with E-state index >= 15 is 0 Å². The van der Waals surface area contributed by atoms with Crippen LogP contribution in [0.25, 0.3) is 11.3 Å². The quantitative estimate of drug-likeness (QED) is 0.761. The fourth-order valence-corrected chi connectivity index (χ4v) is 3.82. The molecule has 1 fully saturated rings. The summed E-state index contributed by atoms with van der Waals surface area (Å²) in [6.45, 7) is 4.98. The van der Waals surface area contributed by atoms with Crippen LogP contribution in [0.2, 0.25) is 0 Å². The maximum Gasteiger partial charge on any atom is 0.267 e. The van der Waals surface area contributed by atoms with Gasteiger partial charge in [0.05, 0.1) is 30.6 Å². The van der Waals surface area contributed by atoms with E-state index < -0.39 is 0 Å². The number of hydrogen-bond acceptors (Lipinski definition) is 7. The van der Waals surface area contributed by atoms with Gasteiger partial charge in [0.2, 0.25) is 0 Å². The van der Waals surface area contributed by atoms with Crippen LogP contribution in [-0.4, -0.2) is 39.0 Å². The Morgan fingerprint density at radius 2 is 2.15 bits per heavy atom. The summed E-state index contributed by atoms with van der Waals surface area (Å²) in [5.41, 5.74) is 2.45. The molecular formula is C18H19N5O2S. The van der Waals surface area contributed by atoms with Crippen molar-refractivity contribution in [2.24, 2.45) is 0 Å². The van der Waals surface area contributed by atoms with Gasteiger partial charge in [0.1, 0.15) is 6.04 Å². The molecule has 1 saturated heterocycles. The first kappa shape index (κ1) is 16.9. The van der Waals surface area contributed by atoms with Gasteiger partial charge in [0.15, 0.2) is 5.13 Å². The lowest BCUT2D eigenvalue weighted by Gasteiger charge is -2.20. The molecule has 0 radical (unpaired) electrons. The molecule has 1 N–H and O–H groups in total. The zero-order chi connectivity index (χ0) is 18.1. The number of ether oxygens (including phenoxy) is 1. The Labute approximate surface area is 154 Å². The van der Waals surface area contributed by atoms with Gasteiger partial charge in [-0.3, -0.25) is 9.78 Å². The average molecular weight is 369 g/mol. The summed E-state index contributed by atoms with van der Waals surface area (Å²) >= 11 is 1.61. The van der Waals surface area contributed by atoms with Crippen molar-refractivity contribution in [2.45, 2.75) is 25.9 Å². The van der Waals surface area contributed by atoms with Gasteiger partial charge in [-0.2, -0.15) is 5.10 Å². The lowest BCUT2D eigenvalue weighted by molar-refractivity contribution is 0.183. The highest BCUT2D eigenvalue weighted by atomic mass is 32.1. The van der Waals surface area contributed by atoms with Crippen molar-refractivity contribution in [3.63, 3.8) is 0 Å². The minimum atomic E-state index is -0.191. The van der Waals surface area contributed by atoms with Gasteiger partial charge in [-0.15, -0.1) is 11.3 Å². The first-order valence-corrected chi connectivity index (χ1v) is 9.22. The summed E-state index contributed by atoms with van der Waals surface area (Å²) < 4.78 is 7.15. The van der Waals surface area contributed by atoms with E-state index in [9.17, 15) is 4.79 Å². The van der Waals surface area contributed by atoms with E-state index in [-0.39, 0.29) is 17.6 Å². The van der Waals surface area contributed by atoms with Gasteiger partial charge in [0.25, 0.3) is 5.56 Å². The predicted molar refractivity (Wildman–Crippen MR) is 101 cm³/mol. The molecule has 4 rings (SSSR count). The van der Waals surface area contributed by atoms with E-state index in [0.717, 1.165) is 16.4 Å². The van der Waals surface area contributed by atoms with Crippen molar-refractivity contribution < 1.29 is 4.74 Å². The average Bonchev–Trinajstić information content (AvgIpc) is 3.23. The number of nitrogens with one attached hydrogen (secondary N) is 1. The number of thiazole rings is 1. The van der Waals surface area contributed by atoms with Crippen LogP contribution in [0.3, 0.4) is 0 Å². The molecule has 3 aromatic heterocycles. The Hall–Kier alpha value is -2.58. The molecule has 0 aliphatic carbocycles. The summed E-state index contributed by atoms with van der Waals surface area (Å²) in [6, 6.07) is 6.79. The first-order valence-electron chi connectivity index (χ1n) is 8.40. The van der Waals surface area contributed by atoms with Crippen LogP contribution in [0, 0.1) is 13.8 Å². The van der Waals surface area contributed by atoms with Crippen molar-refractivity contribution in [3.8, 4) is 11.3 Å². The van der Waals surface area contributed by atoms with Gasteiger partial charge < -0.3 is 10.1 Å². The molecule has 3 aromatic rings. The third-order valence-electron chi connectivity index (χ3n) is 4.48. The second-order valence-electron chi connectivity index (χ2n) is 6.26. The fourth-order valence-electron chi connectivity index (χ4n) is 2.95. The van der Waals surface area contributed by atoms with Gasteiger partial charge in [-0.25, -0.2) is 9.67 Å². The Bertz CT molecular complexity index is 950. The SMILES string of the molecule is Cc1nc(NC2COCC2n2nc(-c3cccnc3)ccc2=O)sc1C. The Morgan fingerprint density at radius 1 is 1.27 bits per heavy atom. The highest BCUT2D eigenvalue weighted by Gasteiger charge is 2.32. The lowest BCUT2D eigenvalue weighted by atomic mass is 10.1. The Kier molecular flexibility index (Phi) is 4.52. The molecule has 1 aliphatic heterocycles. The van der Waals surface area contributed by atoms with Crippen LogP contribution < -0.4 is 10.9 Å². The minimum Gasteiger partial charge on any atom is -0.377 e. The van der Waals surface area contributed by atoms with Gasteiger partial charge in [0, 0.05) is 28.9 Å². The summed E-state index contributed by atoms with van der Waals surface area (Å²) in [4.78, 5) is 22.3. The van der Waals surface area contributed by atoms with Crippen LogP contribution in [0.4, 0.5) is 5.13 Å². The third-order valence-corrected chi connectivity index (χ3v) is 5.49. The largest absolute Gasteiger partial charge is 0.377 e. The monoisotopic (exact) mass is 369 g/mol. The number of anilines is 1. The van der Waals surface area contributed by atoms with E-state index in [1.807, 2.05) is 26.0 Å². The van der Waals surface area contributed by atoms with E-state index in [2.05, 4.69) is 20.4 Å². The van der Waals surface area contributed by atoms with Crippen molar-refractivity contribution in [2.75, 3.05) is 18.5 Å². The van der Waals surface area contributed by atoms with Crippen molar-refractivity contribution in [1.82, 2.24) is 19.7 Å². The highest BCUT2D eigenvalue weighted by molar-refractivity contribution is 7.15. The number of hydrogen-bond donors (Lipinski definition) is 1. The number of aromatic nitrogens is 4. The zero-order valence-corrected chi connectivity index (χ0v) is 15.4. The summed E-state index contributed by atoms with van der Waals surface area (Å²) in [5.74, 6) is 0. The second kappa shape index (κ2) is 6.97. The van der Waals surface area contributed by atoms with Crippen LogP contribution in [0.1, 0.15) is 16.6 Å². The molecule has 0 spiro atoms. The standard InChI is InChI=1S/C18H19N5O2S/c1-11-12(2)26-18(20-11)21-15-9-25-10-16(15)23-17(24)6-5-14(22-23)13-4-3-7-19-8-13/h3-8,15-16H,9-10H2,1-2H3,(H,20,21). The van der Waals surface area contributed by atoms with Gasteiger partial charge in [-0.05, 0) is 32.0 Å². The smallest absolute Gasteiger partial charge is 0.267 e. The van der Waals surface area contributed by atoms with E-state index in [1.54, 1.807) is 35.9 Å². The van der Waals surface area contributed by atoms with E-state index in [1.165, 1.54) is 9.56 Å². The molecule has 2 unspecified atom stereocenters. The maximum absolute atomic E-state index is 12.4. The molecule has 134 valence electrons. The number of aryl methyl sites for hydroxylation is 2. The minimum absolute atomic E-state index is 0.0608. The Morgan fingerprint density at radius 3 is 2.88 bits per heavy atom. The molecule has 4 heterocycles. The normalized spacial score (nSPS) is 19.6. The zero-order valence-electron chi connectivity index (χ0n) is 14.5. The molecule has 0 bridgehead atoms. The maximum atomic E-state index is 12.4. The third kappa shape index (κ3) is 3.25. The highest BCUT2D eigenvalue weighted by Crippen LogP contribution is 2.27. The number of pyridine rings is 1. The summed E-state index contributed by atoms with van der Waals surface area (Å²) in [5, 5.41) is 8.82. The topological polar surface area (TPSA) is 81.9 Å². The van der Waals surface area contributed by atoms with Gasteiger partial charge >= 0.3 is 0 Å². The number of rotatable bonds is 4. The van der Waals surface area contributed by atoms with Crippen LogP contribution in [-0.2, 0) is 4.74 Å². The molecule has 0 saturated carbocycles. The molecule has 26 heavy (non-hydrogen) atoms. The fraction of sp³-hybridized carbons (Fsp3) is 0.333. The molecule has 2 atom stereocenters. The summed E-state index contributed by atoms with van der Waals surface area (Å²) in [6.07, 6.45) is 3.45. The van der Waals surface area contributed by atoms with E-state index in [4.69, 9.17) is 4.74 Å². The lowest BCUT2D eigenvalue weighted by Crippen LogP contribution is -2.37. The molecule has 0 aromatic carbocycles. The van der Waals surface area contributed by atoms with E-state index in [0.29, 0.717) is 18.9 Å². The van der Waals surface area contributed by atoms with Crippen molar-refractivity contribution >= 4 is 16.5 Å². The van der Waals surface area contributed by atoms with Gasteiger partial charge in [-0.1, -0.05) is 0 Å². The van der Waals surface area contributed by atoms with Crippen LogP contribution >= 0.6 is 11.3 Å². The first-order chi connectivity index (χ1) is 12.6. The molecule has 7 nitrogen and oxygen atoms in total.